The number of imidazole rings is 1. The summed E-state index contributed by atoms with van der Waals surface area (Å²) in [4.78, 5) is 14.0. The van der Waals surface area contributed by atoms with Crippen LogP contribution in [0.25, 0.3) is 11.6 Å². The molecule has 0 spiro atoms. The summed E-state index contributed by atoms with van der Waals surface area (Å²) in [6, 6.07) is 0. The largest absolute Gasteiger partial charge is 0.342 e. The summed E-state index contributed by atoms with van der Waals surface area (Å²) in [6.07, 6.45) is 3.10. The normalized spacial score (nSPS) is 10.5. The topological polar surface area (TPSA) is 54.5 Å². The van der Waals surface area contributed by atoms with E-state index in [-0.39, 0.29) is 16.1 Å². The van der Waals surface area contributed by atoms with Gasteiger partial charge in [-0.1, -0.05) is 23.2 Å². The van der Waals surface area contributed by atoms with Crippen LogP contribution in [0.1, 0.15) is 0 Å². The Morgan fingerprint density at radius 1 is 1.21 bits per heavy atom. The zero-order valence-electron chi connectivity index (χ0n) is 6.63. The lowest BCUT2D eigenvalue weighted by Gasteiger charge is -1.99. The summed E-state index contributed by atoms with van der Waals surface area (Å²) < 4.78 is 12.9. The van der Waals surface area contributed by atoms with Gasteiger partial charge < -0.3 is 4.98 Å². The minimum absolute atomic E-state index is 0.159. The van der Waals surface area contributed by atoms with Crippen molar-refractivity contribution < 1.29 is 4.39 Å². The SMILES string of the molecule is Fc1c(Cl)nc(-c2ncc[nH]2)nc1Cl. The molecule has 0 aliphatic rings. The summed E-state index contributed by atoms with van der Waals surface area (Å²) >= 11 is 11.0. The van der Waals surface area contributed by atoms with E-state index in [2.05, 4.69) is 19.9 Å². The maximum Gasteiger partial charge on any atom is 0.198 e. The highest BCUT2D eigenvalue weighted by Crippen LogP contribution is 2.21. The maximum atomic E-state index is 12.9. The van der Waals surface area contributed by atoms with Crippen LogP contribution < -0.4 is 0 Å². The molecule has 0 atom stereocenters. The number of H-pyrrole nitrogens is 1. The van der Waals surface area contributed by atoms with Crippen molar-refractivity contribution in [3.8, 4) is 11.6 Å². The van der Waals surface area contributed by atoms with Gasteiger partial charge >= 0.3 is 0 Å². The molecule has 0 radical (unpaired) electrons. The highest BCUT2D eigenvalue weighted by molar-refractivity contribution is 6.33. The molecule has 14 heavy (non-hydrogen) atoms. The Hall–Kier alpha value is -1.20. The van der Waals surface area contributed by atoms with Crippen LogP contribution in [-0.4, -0.2) is 19.9 Å². The van der Waals surface area contributed by atoms with E-state index in [0.717, 1.165) is 0 Å². The molecule has 0 saturated carbocycles. The van der Waals surface area contributed by atoms with Crippen LogP contribution >= 0.6 is 23.2 Å². The zero-order chi connectivity index (χ0) is 10.1. The average Bonchev–Trinajstić information content (AvgIpc) is 2.66. The first-order valence-electron chi connectivity index (χ1n) is 3.57. The minimum Gasteiger partial charge on any atom is -0.342 e. The fourth-order valence-corrected chi connectivity index (χ4v) is 1.28. The van der Waals surface area contributed by atoms with Gasteiger partial charge in [-0.15, -0.1) is 0 Å². The second-order valence-electron chi connectivity index (χ2n) is 2.38. The Kier molecular flexibility index (Phi) is 2.35. The monoisotopic (exact) mass is 232 g/mol. The van der Waals surface area contributed by atoms with E-state index >= 15 is 0 Å². The van der Waals surface area contributed by atoms with Gasteiger partial charge in [0.05, 0.1) is 0 Å². The standard InChI is InChI=1S/C7H3Cl2FN4/c8-4-3(10)5(9)14-7(13-4)6-11-1-2-12-6/h1-2H,(H,11,12). The lowest BCUT2D eigenvalue weighted by atomic mass is 10.5. The third kappa shape index (κ3) is 1.56. The van der Waals surface area contributed by atoms with Crippen molar-refractivity contribution in [2.24, 2.45) is 0 Å². The fraction of sp³-hybridized carbons (Fsp3) is 0. The number of hydrogen-bond donors (Lipinski definition) is 1. The fourth-order valence-electron chi connectivity index (χ4n) is 0.888. The lowest BCUT2D eigenvalue weighted by molar-refractivity contribution is 0.615. The highest BCUT2D eigenvalue weighted by atomic mass is 35.5. The average molecular weight is 233 g/mol. The van der Waals surface area contributed by atoms with E-state index < -0.39 is 5.82 Å². The summed E-state index contributed by atoms with van der Waals surface area (Å²) in [5.41, 5.74) is 0. The van der Waals surface area contributed by atoms with Gasteiger partial charge in [0.1, 0.15) is 0 Å². The smallest absolute Gasteiger partial charge is 0.198 e. The number of rotatable bonds is 1. The Bertz CT molecular complexity index is 434. The predicted octanol–water partition coefficient (Wildman–Crippen LogP) is 2.31. The van der Waals surface area contributed by atoms with Crippen LogP contribution in [0.2, 0.25) is 10.3 Å². The van der Waals surface area contributed by atoms with Gasteiger partial charge in [0, 0.05) is 12.4 Å². The van der Waals surface area contributed by atoms with Crippen molar-refractivity contribution in [3.63, 3.8) is 0 Å². The third-order valence-corrected chi connectivity index (χ3v) is 1.98. The maximum absolute atomic E-state index is 12.9. The van der Waals surface area contributed by atoms with Crippen LogP contribution in [0.5, 0.6) is 0 Å². The summed E-state index contributed by atoms with van der Waals surface area (Å²) in [5, 5.41) is -0.646. The van der Waals surface area contributed by atoms with E-state index in [4.69, 9.17) is 23.2 Å². The van der Waals surface area contributed by atoms with Crippen molar-refractivity contribution in [2.45, 2.75) is 0 Å². The Morgan fingerprint density at radius 2 is 1.86 bits per heavy atom. The van der Waals surface area contributed by atoms with Gasteiger partial charge in [0.25, 0.3) is 0 Å². The molecule has 1 N–H and O–H groups in total. The first kappa shape index (κ1) is 9.36. The molecule has 0 unspecified atom stereocenters. The van der Waals surface area contributed by atoms with Crippen molar-refractivity contribution in [1.29, 1.82) is 0 Å². The van der Waals surface area contributed by atoms with E-state index in [1.807, 2.05) is 0 Å². The van der Waals surface area contributed by atoms with Crippen molar-refractivity contribution >= 4 is 23.2 Å². The molecule has 72 valence electrons. The van der Waals surface area contributed by atoms with Crippen LogP contribution in [-0.2, 0) is 0 Å². The summed E-state index contributed by atoms with van der Waals surface area (Å²) in [6.45, 7) is 0. The van der Waals surface area contributed by atoms with Crippen LogP contribution in [0.15, 0.2) is 12.4 Å². The van der Waals surface area contributed by atoms with Crippen LogP contribution in [0, 0.1) is 5.82 Å². The van der Waals surface area contributed by atoms with Gasteiger partial charge in [-0.2, -0.15) is 0 Å². The molecule has 0 fully saturated rings. The molecule has 0 bridgehead atoms. The number of nitrogens with one attached hydrogen (secondary N) is 1. The molecule has 7 heteroatoms. The number of halogens is 3. The van der Waals surface area contributed by atoms with Gasteiger partial charge in [0.2, 0.25) is 0 Å². The van der Waals surface area contributed by atoms with Crippen LogP contribution in [0.3, 0.4) is 0 Å². The number of aromatic amines is 1. The molecule has 2 heterocycles. The Balaban J connectivity index is 2.57. The number of nitrogens with zero attached hydrogens (tertiary/aromatic N) is 3. The quantitative estimate of drug-likeness (QED) is 0.769. The van der Waals surface area contributed by atoms with E-state index in [1.54, 1.807) is 6.20 Å². The first-order valence-corrected chi connectivity index (χ1v) is 4.32. The van der Waals surface area contributed by atoms with Gasteiger partial charge in [-0.3, -0.25) is 0 Å². The molecular weight excluding hydrogens is 230 g/mol. The molecule has 0 aromatic carbocycles. The number of hydrogen-bond acceptors (Lipinski definition) is 3. The van der Waals surface area contributed by atoms with Crippen LogP contribution in [0.4, 0.5) is 4.39 Å². The first-order chi connectivity index (χ1) is 6.68. The van der Waals surface area contributed by atoms with Crippen molar-refractivity contribution in [3.05, 3.63) is 28.5 Å². The number of aromatic nitrogens is 4. The lowest BCUT2D eigenvalue weighted by Crippen LogP contribution is -1.95. The van der Waals surface area contributed by atoms with Gasteiger partial charge in [-0.05, 0) is 0 Å². The van der Waals surface area contributed by atoms with E-state index in [0.29, 0.717) is 5.82 Å². The summed E-state index contributed by atoms with van der Waals surface area (Å²) in [7, 11) is 0. The zero-order valence-corrected chi connectivity index (χ0v) is 8.14. The highest BCUT2D eigenvalue weighted by Gasteiger charge is 2.13. The second-order valence-corrected chi connectivity index (χ2v) is 3.10. The van der Waals surface area contributed by atoms with E-state index in [1.165, 1.54) is 6.20 Å². The van der Waals surface area contributed by atoms with Crippen molar-refractivity contribution in [2.75, 3.05) is 0 Å². The molecule has 2 aromatic heterocycles. The predicted molar refractivity (Wildman–Crippen MR) is 49.6 cm³/mol. The molecule has 0 aliphatic carbocycles. The molecule has 2 aromatic rings. The van der Waals surface area contributed by atoms with Gasteiger partial charge in [-0.25, -0.2) is 19.3 Å². The Morgan fingerprint density at radius 3 is 2.36 bits per heavy atom. The minimum atomic E-state index is -0.830. The molecule has 2 rings (SSSR count). The Labute approximate surface area is 88.1 Å². The second kappa shape index (κ2) is 3.51. The molecular formula is C7H3Cl2FN4. The molecule has 0 aliphatic heterocycles. The molecule has 4 nitrogen and oxygen atoms in total. The van der Waals surface area contributed by atoms with E-state index in [9.17, 15) is 4.39 Å². The van der Waals surface area contributed by atoms with Gasteiger partial charge in [0.15, 0.2) is 27.8 Å². The van der Waals surface area contributed by atoms with Crippen molar-refractivity contribution in [1.82, 2.24) is 19.9 Å². The summed E-state index contributed by atoms with van der Waals surface area (Å²) in [5.74, 6) is -0.288. The molecule has 0 amide bonds. The molecule has 0 saturated heterocycles. The third-order valence-electron chi connectivity index (χ3n) is 1.48.